The van der Waals surface area contributed by atoms with Crippen LogP contribution in [0.4, 0.5) is 4.79 Å². The van der Waals surface area contributed by atoms with Crippen molar-refractivity contribution in [2.45, 2.75) is 31.8 Å². The van der Waals surface area contributed by atoms with Gasteiger partial charge in [0.15, 0.2) is 0 Å². The van der Waals surface area contributed by atoms with Gasteiger partial charge in [0.05, 0.1) is 24.7 Å². The van der Waals surface area contributed by atoms with E-state index in [0.29, 0.717) is 0 Å². The fourth-order valence-electron chi connectivity index (χ4n) is 2.02. The lowest BCUT2D eigenvalue weighted by Gasteiger charge is -2.41. The first-order valence-corrected chi connectivity index (χ1v) is 5.47. The lowest BCUT2D eigenvalue weighted by atomic mass is 10.1. The SMILES string of the molecule is CC1=C[N+]([O-])([C@H]2C[C@H](O)[C@@H](CO)O2)C(=O)NC1=O. The number of aliphatic hydroxyl groups is 2. The van der Waals surface area contributed by atoms with E-state index in [2.05, 4.69) is 0 Å². The van der Waals surface area contributed by atoms with Crippen molar-refractivity contribution in [1.29, 1.82) is 0 Å². The molecule has 0 spiro atoms. The largest absolute Gasteiger partial charge is 0.617 e. The maximum atomic E-state index is 12.4. The van der Waals surface area contributed by atoms with Crippen LogP contribution >= 0.6 is 0 Å². The molecule has 3 N–H and O–H groups in total. The van der Waals surface area contributed by atoms with Crippen molar-refractivity contribution in [2.75, 3.05) is 6.61 Å². The van der Waals surface area contributed by atoms with E-state index in [-0.39, 0.29) is 12.0 Å². The number of hydrogen-bond donors (Lipinski definition) is 3. The highest BCUT2D eigenvalue weighted by molar-refractivity contribution is 6.03. The second-order valence-electron chi connectivity index (χ2n) is 4.40. The van der Waals surface area contributed by atoms with Gasteiger partial charge < -0.3 is 20.2 Å². The Kier molecular flexibility index (Phi) is 3.21. The summed E-state index contributed by atoms with van der Waals surface area (Å²) in [6, 6.07) is -1.05. The molecule has 1 unspecified atom stereocenters. The number of ether oxygens (including phenoxy) is 1. The number of rotatable bonds is 2. The fourth-order valence-corrected chi connectivity index (χ4v) is 2.02. The summed E-state index contributed by atoms with van der Waals surface area (Å²) < 4.78 is 3.65. The number of amides is 3. The van der Waals surface area contributed by atoms with Gasteiger partial charge >= 0.3 is 6.03 Å². The second kappa shape index (κ2) is 4.41. The Morgan fingerprint density at radius 1 is 1.61 bits per heavy atom. The second-order valence-corrected chi connectivity index (χ2v) is 4.40. The van der Waals surface area contributed by atoms with E-state index in [1.165, 1.54) is 6.92 Å². The van der Waals surface area contributed by atoms with Crippen molar-refractivity contribution in [3.8, 4) is 0 Å². The van der Waals surface area contributed by atoms with Crippen LogP contribution in [-0.2, 0) is 9.53 Å². The third kappa shape index (κ3) is 1.93. The summed E-state index contributed by atoms with van der Waals surface area (Å²) in [4.78, 5) is 22.8. The first-order chi connectivity index (χ1) is 8.38. The van der Waals surface area contributed by atoms with Gasteiger partial charge in [-0.15, -0.1) is 0 Å². The molecular weight excluding hydrogens is 244 g/mol. The fraction of sp³-hybridized carbons (Fsp3) is 0.600. The van der Waals surface area contributed by atoms with Crippen LogP contribution in [0.3, 0.4) is 0 Å². The lowest BCUT2D eigenvalue weighted by molar-refractivity contribution is -0.803. The molecule has 2 rings (SSSR count). The van der Waals surface area contributed by atoms with Crippen LogP contribution < -0.4 is 5.32 Å². The predicted molar refractivity (Wildman–Crippen MR) is 57.3 cm³/mol. The van der Waals surface area contributed by atoms with Gasteiger partial charge in [-0.3, -0.25) is 4.79 Å². The molecule has 8 nitrogen and oxygen atoms in total. The molecule has 0 aromatic carbocycles. The van der Waals surface area contributed by atoms with Gasteiger partial charge in [0.2, 0.25) is 6.23 Å². The van der Waals surface area contributed by atoms with Crippen LogP contribution in [0.15, 0.2) is 11.8 Å². The molecule has 3 amide bonds. The van der Waals surface area contributed by atoms with E-state index < -0.39 is 41.6 Å². The van der Waals surface area contributed by atoms with E-state index in [4.69, 9.17) is 9.84 Å². The van der Waals surface area contributed by atoms with Crippen molar-refractivity contribution >= 4 is 11.9 Å². The van der Waals surface area contributed by atoms with Crippen molar-refractivity contribution in [2.24, 2.45) is 0 Å². The van der Waals surface area contributed by atoms with Gasteiger partial charge in [-0.25, -0.2) is 14.8 Å². The number of urea groups is 1. The molecule has 0 saturated carbocycles. The standard InChI is InChI=1S/C10H14N2O6/c1-5-3-12(17,10(16)11-9(5)15)8-2-6(14)7(4-13)18-8/h3,6-8,13-14H,2,4H2,1H3,(H,11,15,16)/t6-,7+,8+,12?/m0/s1. The molecule has 0 radical (unpaired) electrons. The number of quaternary nitrogens is 1. The van der Waals surface area contributed by atoms with Gasteiger partial charge in [-0.1, -0.05) is 0 Å². The molecule has 100 valence electrons. The van der Waals surface area contributed by atoms with Crippen LogP contribution in [0.2, 0.25) is 0 Å². The molecule has 18 heavy (non-hydrogen) atoms. The quantitative estimate of drug-likeness (QED) is 0.428. The van der Waals surface area contributed by atoms with Gasteiger partial charge in [-0.2, -0.15) is 0 Å². The number of hydrogen-bond acceptors (Lipinski definition) is 6. The van der Waals surface area contributed by atoms with Crippen LogP contribution in [0, 0.1) is 5.21 Å². The smallest absolute Gasteiger partial charge is 0.430 e. The molecule has 8 heteroatoms. The first-order valence-electron chi connectivity index (χ1n) is 5.47. The average molecular weight is 258 g/mol. The summed E-state index contributed by atoms with van der Waals surface area (Å²) in [5.74, 6) is -0.623. The molecule has 2 aliphatic rings. The molecule has 2 aliphatic heterocycles. The zero-order valence-corrected chi connectivity index (χ0v) is 9.70. The molecular formula is C10H14N2O6. The number of nitrogens with zero attached hydrogens (tertiary/aromatic N) is 1. The number of nitrogens with one attached hydrogen (secondary N) is 1. The Hall–Kier alpha value is -1.32. The minimum absolute atomic E-state index is 0.0832. The number of imide groups is 1. The Balaban J connectivity index is 2.27. The van der Waals surface area contributed by atoms with Crippen LogP contribution in [0.1, 0.15) is 13.3 Å². The third-order valence-corrected chi connectivity index (χ3v) is 3.09. The summed E-state index contributed by atoms with van der Waals surface area (Å²) in [6.45, 7) is 0.961. The first kappa shape index (κ1) is 13.1. The predicted octanol–water partition coefficient (Wildman–Crippen LogP) is -1.08. The van der Waals surface area contributed by atoms with E-state index in [9.17, 15) is 19.9 Å². The van der Waals surface area contributed by atoms with Gasteiger partial charge in [-0.05, 0) is 6.92 Å². The highest BCUT2D eigenvalue weighted by Crippen LogP contribution is 2.31. The molecule has 0 aromatic heterocycles. The highest BCUT2D eigenvalue weighted by atomic mass is 16.6. The monoisotopic (exact) mass is 258 g/mol. The Bertz CT molecular complexity index is 423. The summed E-state index contributed by atoms with van der Waals surface area (Å²) in [7, 11) is 0. The van der Waals surface area contributed by atoms with Crippen LogP contribution in [0.25, 0.3) is 0 Å². The van der Waals surface area contributed by atoms with E-state index in [0.717, 1.165) is 6.20 Å². The van der Waals surface area contributed by atoms with Gasteiger partial charge in [0.1, 0.15) is 12.3 Å². The minimum Gasteiger partial charge on any atom is -0.617 e. The summed E-state index contributed by atoms with van der Waals surface area (Å²) in [5, 5.41) is 32.8. The lowest BCUT2D eigenvalue weighted by Crippen LogP contribution is -2.59. The number of carbonyl (C=O) groups is 2. The average Bonchev–Trinajstić information content (AvgIpc) is 2.68. The minimum atomic E-state index is -1.51. The summed E-state index contributed by atoms with van der Waals surface area (Å²) in [5.41, 5.74) is 0.107. The topological polar surface area (TPSA) is 119 Å². The van der Waals surface area contributed by atoms with Gasteiger partial charge in [0.25, 0.3) is 5.91 Å². The number of aliphatic hydroxyl groups excluding tert-OH is 2. The van der Waals surface area contributed by atoms with E-state index in [1.807, 2.05) is 5.32 Å². The zero-order chi connectivity index (χ0) is 13.5. The Morgan fingerprint density at radius 2 is 2.28 bits per heavy atom. The van der Waals surface area contributed by atoms with Crippen molar-refractivity contribution in [3.05, 3.63) is 17.0 Å². The highest BCUT2D eigenvalue weighted by Gasteiger charge is 2.48. The van der Waals surface area contributed by atoms with Crippen molar-refractivity contribution in [3.63, 3.8) is 0 Å². The Morgan fingerprint density at radius 3 is 2.83 bits per heavy atom. The zero-order valence-electron chi connectivity index (χ0n) is 9.70. The number of carbonyl (C=O) groups excluding carboxylic acids is 2. The van der Waals surface area contributed by atoms with E-state index in [1.54, 1.807) is 0 Å². The van der Waals surface area contributed by atoms with E-state index >= 15 is 0 Å². The molecule has 4 atom stereocenters. The van der Waals surface area contributed by atoms with Crippen LogP contribution in [0.5, 0.6) is 0 Å². The molecule has 1 fully saturated rings. The molecule has 2 heterocycles. The molecule has 0 aromatic rings. The normalized spacial score (nSPS) is 40.7. The summed E-state index contributed by atoms with van der Waals surface area (Å²) >= 11 is 0. The number of hydroxylamine groups is 3. The van der Waals surface area contributed by atoms with Crippen molar-refractivity contribution < 1.29 is 29.2 Å². The van der Waals surface area contributed by atoms with Crippen LogP contribution in [-0.4, -0.2) is 51.8 Å². The maximum absolute atomic E-state index is 12.4. The third-order valence-electron chi connectivity index (χ3n) is 3.09. The molecule has 0 bridgehead atoms. The molecule has 0 aliphatic carbocycles. The Labute approximate surface area is 103 Å². The maximum Gasteiger partial charge on any atom is 0.430 e. The molecule has 1 saturated heterocycles. The summed E-state index contributed by atoms with van der Waals surface area (Å²) in [6.07, 6.45) is -2.19. The van der Waals surface area contributed by atoms with Gasteiger partial charge in [0, 0.05) is 0 Å². The van der Waals surface area contributed by atoms with Crippen molar-refractivity contribution in [1.82, 2.24) is 5.32 Å².